The zero-order valence-corrected chi connectivity index (χ0v) is 14.5. The van der Waals surface area contributed by atoms with Crippen LogP contribution < -0.4 is 11.1 Å². The normalized spacial score (nSPS) is 22.5. The molecule has 1 fully saturated rings. The first-order chi connectivity index (χ1) is 10.1. The van der Waals surface area contributed by atoms with Gasteiger partial charge in [0.25, 0.3) is 0 Å². The van der Waals surface area contributed by atoms with Crippen molar-refractivity contribution in [2.24, 2.45) is 5.73 Å². The second kappa shape index (κ2) is 9.16. The van der Waals surface area contributed by atoms with E-state index in [0.717, 1.165) is 32.1 Å². The number of amides is 1. The van der Waals surface area contributed by atoms with Crippen molar-refractivity contribution < 1.29 is 4.79 Å². The van der Waals surface area contributed by atoms with Gasteiger partial charge in [0.15, 0.2) is 0 Å². The molecule has 1 aromatic carbocycles. The molecule has 3 N–H and O–H groups in total. The Morgan fingerprint density at radius 1 is 1.23 bits per heavy atom. The van der Waals surface area contributed by atoms with Gasteiger partial charge < -0.3 is 11.1 Å². The second-order valence-corrected chi connectivity index (χ2v) is 6.38. The van der Waals surface area contributed by atoms with Crippen LogP contribution in [-0.4, -0.2) is 18.0 Å². The molecule has 0 saturated heterocycles. The number of nitrogens with one attached hydrogen (secondary N) is 1. The largest absolute Gasteiger partial charge is 0.353 e. The Hall–Kier alpha value is -1.06. The van der Waals surface area contributed by atoms with Gasteiger partial charge in [0.1, 0.15) is 0 Å². The van der Waals surface area contributed by atoms with Crippen molar-refractivity contribution in [1.82, 2.24) is 5.32 Å². The number of carbonyl (C=O) groups is 1. The highest BCUT2D eigenvalue weighted by molar-refractivity contribution is 5.85. The highest BCUT2D eigenvalue weighted by Crippen LogP contribution is 2.21. The number of hydrogen-bond donors (Lipinski definition) is 2. The molecule has 1 saturated carbocycles. The van der Waals surface area contributed by atoms with Crippen LogP contribution in [0.2, 0.25) is 0 Å². The number of carbonyl (C=O) groups excluding carboxylic acids is 1. The van der Waals surface area contributed by atoms with Crippen LogP contribution in [0, 0.1) is 0 Å². The van der Waals surface area contributed by atoms with Crippen molar-refractivity contribution in [1.29, 1.82) is 0 Å². The summed E-state index contributed by atoms with van der Waals surface area (Å²) in [6.07, 6.45) is 5.71. The zero-order chi connectivity index (χ0) is 15.2. The van der Waals surface area contributed by atoms with Crippen LogP contribution >= 0.6 is 12.4 Å². The lowest BCUT2D eigenvalue weighted by molar-refractivity contribution is -0.122. The quantitative estimate of drug-likeness (QED) is 0.870. The fraction of sp³-hybridized carbons (Fsp3) is 0.611. The van der Waals surface area contributed by atoms with Gasteiger partial charge in [-0.05, 0) is 49.1 Å². The number of nitrogens with two attached hydrogens (primary N) is 1. The highest BCUT2D eigenvalue weighted by atomic mass is 35.5. The van der Waals surface area contributed by atoms with Crippen LogP contribution in [0.3, 0.4) is 0 Å². The number of hydrogen-bond acceptors (Lipinski definition) is 2. The summed E-state index contributed by atoms with van der Waals surface area (Å²) in [4.78, 5) is 12.2. The number of rotatable bonds is 5. The van der Waals surface area contributed by atoms with E-state index in [0.29, 0.717) is 18.5 Å². The first kappa shape index (κ1) is 19.0. The standard InChI is InChI=1S/C18H28N2O.ClH/c1-3-14-4-6-15(7-5-14)13(2)12-18(21)20-17-10-8-16(19)9-11-17;/h4-7,13,16-17H,3,8-12,19H2,1-2H3,(H,20,21);1H. The summed E-state index contributed by atoms with van der Waals surface area (Å²) < 4.78 is 0. The number of halogens is 1. The van der Waals surface area contributed by atoms with Crippen LogP contribution in [0.5, 0.6) is 0 Å². The lowest BCUT2D eigenvalue weighted by atomic mass is 9.91. The van der Waals surface area contributed by atoms with Crippen LogP contribution in [0.4, 0.5) is 0 Å². The Morgan fingerprint density at radius 2 is 1.82 bits per heavy atom. The van der Waals surface area contributed by atoms with Gasteiger partial charge in [-0.15, -0.1) is 12.4 Å². The molecule has 0 heterocycles. The van der Waals surface area contributed by atoms with E-state index in [1.165, 1.54) is 11.1 Å². The molecule has 1 amide bonds. The molecule has 3 nitrogen and oxygen atoms in total. The zero-order valence-electron chi connectivity index (χ0n) is 13.7. The summed E-state index contributed by atoms with van der Waals surface area (Å²) in [7, 11) is 0. The fourth-order valence-electron chi connectivity index (χ4n) is 3.03. The molecule has 1 aliphatic carbocycles. The first-order valence-electron chi connectivity index (χ1n) is 8.22. The van der Waals surface area contributed by atoms with Crippen molar-refractivity contribution in [3.8, 4) is 0 Å². The molecule has 124 valence electrons. The van der Waals surface area contributed by atoms with Gasteiger partial charge in [-0.2, -0.15) is 0 Å². The Morgan fingerprint density at radius 3 is 2.36 bits per heavy atom. The molecule has 0 radical (unpaired) electrons. The third-order valence-corrected chi connectivity index (χ3v) is 4.59. The molecule has 2 rings (SSSR count). The van der Waals surface area contributed by atoms with E-state index in [-0.39, 0.29) is 24.2 Å². The van der Waals surface area contributed by atoms with Gasteiger partial charge in [0.05, 0.1) is 0 Å². The van der Waals surface area contributed by atoms with E-state index in [2.05, 4.69) is 43.4 Å². The average Bonchev–Trinajstić information content (AvgIpc) is 2.49. The topological polar surface area (TPSA) is 55.1 Å². The maximum atomic E-state index is 12.2. The van der Waals surface area contributed by atoms with Gasteiger partial charge in [-0.3, -0.25) is 4.79 Å². The fourth-order valence-corrected chi connectivity index (χ4v) is 3.03. The Labute approximate surface area is 140 Å². The molecule has 1 atom stereocenters. The van der Waals surface area contributed by atoms with Crippen molar-refractivity contribution >= 4 is 18.3 Å². The van der Waals surface area contributed by atoms with Gasteiger partial charge in [-0.1, -0.05) is 38.1 Å². The predicted molar refractivity (Wildman–Crippen MR) is 94.5 cm³/mol. The maximum absolute atomic E-state index is 12.2. The summed E-state index contributed by atoms with van der Waals surface area (Å²) in [6.45, 7) is 4.28. The molecule has 4 heteroatoms. The minimum absolute atomic E-state index is 0. The summed E-state index contributed by atoms with van der Waals surface area (Å²) in [6, 6.07) is 9.27. The SMILES string of the molecule is CCc1ccc(C(C)CC(=O)NC2CCC(N)CC2)cc1.Cl. The van der Waals surface area contributed by atoms with Crippen molar-refractivity contribution in [2.75, 3.05) is 0 Å². The Kier molecular flexibility index (Phi) is 7.91. The summed E-state index contributed by atoms with van der Waals surface area (Å²) in [5, 5.41) is 3.17. The molecule has 1 aliphatic rings. The lowest BCUT2D eigenvalue weighted by Gasteiger charge is -2.27. The minimum Gasteiger partial charge on any atom is -0.353 e. The average molecular weight is 325 g/mol. The summed E-state index contributed by atoms with van der Waals surface area (Å²) in [5.74, 6) is 0.435. The molecular formula is C18H29ClN2O. The lowest BCUT2D eigenvalue weighted by Crippen LogP contribution is -2.40. The summed E-state index contributed by atoms with van der Waals surface area (Å²) >= 11 is 0. The number of aryl methyl sites for hydroxylation is 1. The predicted octanol–water partition coefficient (Wildman–Crippen LogP) is 3.55. The molecule has 0 aliphatic heterocycles. The van der Waals surface area contributed by atoms with Crippen LogP contribution in [0.25, 0.3) is 0 Å². The van der Waals surface area contributed by atoms with Crippen LogP contribution in [0.15, 0.2) is 24.3 Å². The van der Waals surface area contributed by atoms with E-state index >= 15 is 0 Å². The first-order valence-corrected chi connectivity index (χ1v) is 8.22. The van der Waals surface area contributed by atoms with Gasteiger partial charge in [0.2, 0.25) is 5.91 Å². The van der Waals surface area contributed by atoms with Crippen molar-refractivity contribution in [3.05, 3.63) is 35.4 Å². The van der Waals surface area contributed by atoms with E-state index in [9.17, 15) is 4.79 Å². The van der Waals surface area contributed by atoms with Gasteiger partial charge in [-0.25, -0.2) is 0 Å². The third-order valence-electron chi connectivity index (χ3n) is 4.59. The third kappa shape index (κ3) is 5.62. The Bertz CT molecular complexity index is 453. The molecular weight excluding hydrogens is 296 g/mol. The van der Waals surface area contributed by atoms with Gasteiger partial charge >= 0.3 is 0 Å². The van der Waals surface area contributed by atoms with Gasteiger partial charge in [0, 0.05) is 18.5 Å². The molecule has 0 bridgehead atoms. The second-order valence-electron chi connectivity index (χ2n) is 6.38. The molecule has 0 spiro atoms. The monoisotopic (exact) mass is 324 g/mol. The van der Waals surface area contributed by atoms with E-state index in [1.807, 2.05) is 0 Å². The van der Waals surface area contributed by atoms with Crippen molar-refractivity contribution in [2.45, 2.75) is 70.4 Å². The Balaban J connectivity index is 0.00000242. The van der Waals surface area contributed by atoms with E-state index in [4.69, 9.17) is 5.73 Å². The molecule has 1 unspecified atom stereocenters. The van der Waals surface area contributed by atoms with Crippen molar-refractivity contribution in [3.63, 3.8) is 0 Å². The number of benzene rings is 1. The van der Waals surface area contributed by atoms with Crippen LogP contribution in [0.1, 0.15) is 63.0 Å². The van der Waals surface area contributed by atoms with E-state index < -0.39 is 0 Å². The molecule has 0 aromatic heterocycles. The molecule has 22 heavy (non-hydrogen) atoms. The minimum atomic E-state index is 0. The summed E-state index contributed by atoms with van der Waals surface area (Å²) in [5.41, 5.74) is 8.48. The van der Waals surface area contributed by atoms with E-state index in [1.54, 1.807) is 0 Å². The molecule has 1 aromatic rings. The maximum Gasteiger partial charge on any atom is 0.220 e. The highest BCUT2D eigenvalue weighted by Gasteiger charge is 2.21. The smallest absolute Gasteiger partial charge is 0.220 e. The van der Waals surface area contributed by atoms with Crippen LogP contribution in [-0.2, 0) is 11.2 Å².